The summed E-state index contributed by atoms with van der Waals surface area (Å²) in [5.41, 5.74) is 0. The molecular formula is C19H30FIN4O2. The van der Waals surface area contributed by atoms with Gasteiger partial charge in [0.05, 0.1) is 6.54 Å². The number of guanidine groups is 1. The van der Waals surface area contributed by atoms with Gasteiger partial charge in [0.15, 0.2) is 5.96 Å². The van der Waals surface area contributed by atoms with Crippen LogP contribution in [0.25, 0.3) is 0 Å². The first-order valence-corrected chi connectivity index (χ1v) is 9.34. The maximum absolute atomic E-state index is 13.3. The summed E-state index contributed by atoms with van der Waals surface area (Å²) in [5.74, 6) is 0.828. The first kappa shape index (κ1) is 23.5. The Balaban J connectivity index is 0.00000364. The zero-order valence-corrected chi connectivity index (χ0v) is 18.4. The Kier molecular flexibility index (Phi) is 11.1. The summed E-state index contributed by atoms with van der Waals surface area (Å²) >= 11 is 0. The van der Waals surface area contributed by atoms with Crippen LogP contribution in [0.4, 0.5) is 4.39 Å². The quantitative estimate of drug-likeness (QED) is 0.333. The van der Waals surface area contributed by atoms with E-state index in [-0.39, 0.29) is 48.3 Å². The number of nitrogens with zero attached hydrogens (tertiary/aromatic N) is 2. The lowest BCUT2D eigenvalue weighted by atomic mass is 10.2. The Hall–Kier alpha value is -1.58. The van der Waals surface area contributed by atoms with Crippen molar-refractivity contribution in [3.63, 3.8) is 0 Å². The van der Waals surface area contributed by atoms with Crippen LogP contribution in [-0.4, -0.2) is 55.6 Å². The van der Waals surface area contributed by atoms with Crippen LogP contribution in [0.15, 0.2) is 29.3 Å². The molecule has 1 amide bonds. The number of hydrogen-bond donors (Lipinski definition) is 2. The van der Waals surface area contributed by atoms with Gasteiger partial charge in [0.25, 0.3) is 0 Å². The van der Waals surface area contributed by atoms with Crippen molar-refractivity contribution in [2.75, 3.05) is 32.7 Å². The molecule has 6 nitrogen and oxygen atoms in total. The minimum atomic E-state index is -0.319. The van der Waals surface area contributed by atoms with Gasteiger partial charge in [0.2, 0.25) is 5.91 Å². The predicted octanol–water partition coefficient (Wildman–Crippen LogP) is 2.78. The minimum absolute atomic E-state index is 0. The number of amides is 1. The topological polar surface area (TPSA) is 66.0 Å². The Bertz CT molecular complexity index is 609. The third-order valence-electron chi connectivity index (χ3n) is 4.23. The number of hydrogen-bond acceptors (Lipinski definition) is 3. The fraction of sp³-hybridized carbons (Fsp3) is 0.579. The number of halogens is 2. The molecule has 0 aromatic heterocycles. The van der Waals surface area contributed by atoms with Crippen LogP contribution in [0, 0.1) is 5.82 Å². The number of benzene rings is 1. The summed E-state index contributed by atoms with van der Waals surface area (Å²) in [4.78, 5) is 18.4. The molecule has 8 heteroatoms. The number of aliphatic imine (C=N–C) groups is 1. The second-order valence-electron chi connectivity index (χ2n) is 6.27. The lowest BCUT2D eigenvalue weighted by Gasteiger charge is -2.20. The van der Waals surface area contributed by atoms with Crippen LogP contribution in [0.1, 0.15) is 33.1 Å². The molecule has 152 valence electrons. The fourth-order valence-electron chi connectivity index (χ4n) is 2.77. The normalized spacial score (nSPS) is 15.1. The van der Waals surface area contributed by atoms with E-state index in [1.54, 1.807) is 12.1 Å². The van der Waals surface area contributed by atoms with E-state index in [9.17, 15) is 9.18 Å². The standard InChI is InChI=1S/C19H29FN4O2.HI/c1-3-16(26-17-9-7-8-15(20)12-17)13-22-19(21-4-2)23-14-18(25)24-10-5-6-11-24;/h7-9,12,16H,3-6,10-11,13-14H2,1-2H3,(H2,21,22,23);1H. The van der Waals surface area contributed by atoms with Crippen LogP contribution in [0.2, 0.25) is 0 Å². The number of carbonyl (C=O) groups excluding carboxylic acids is 1. The molecule has 1 heterocycles. The lowest BCUT2D eigenvalue weighted by molar-refractivity contribution is -0.128. The lowest BCUT2D eigenvalue weighted by Crippen LogP contribution is -2.43. The number of nitrogens with one attached hydrogen (secondary N) is 2. The monoisotopic (exact) mass is 492 g/mol. The summed E-state index contributed by atoms with van der Waals surface area (Å²) in [7, 11) is 0. The summed E-state index contributed by atoms with van der Waals surface area (Å²) in [6.07, 6.45) is 2.78. The maximum Gasteiger partial charge on any atom is 0.244 e. The number of likely N-dealkylation sites (tertiary alicyclic amines) is 1. The first-order valence-electron chi connectivity index (χ1n) is 9.34. The highest BCUT2D eigenvalue weighted by molar-refractivity contribution is 14.0. The largest absolute Gasteiger partial charge is 0.489 e. The SMILES string of the molecule is CCNC(=NCC(=O)N1CCCC1)NCC(CC)Oc1cccc(F)c1.I. The highest BCUT2D eigenvalue weighted by Gasteiger charge is 2.17. The van der Waals surface area contributed by atoms with Crippen LogP contribution in [0.5, 0.6) is 5.75 Å². The van der Waals surface area contributed by atoms with Gasteiger partial charge in [0.1, 0.15) is 24.2 Å². The molecule has 1 unspecified atom stereocenters. The van der Waals surface area contributed by atoms with Gasteiger partial charge in [0, 0.05) is 25.7 Å². The molecule has 1 aromatic rings. The second-order valence-corrected chi connectivity index (χ2v) is 6.27. The molecule has 1 aliphatic rings. The Morgan fingerprint density at radius 2 is 2.04 bits per heavy atom. The molecule has 0 spiro atoms. The Morgan fingerprint density at radius 1 is 1.30 bits per heavy atom. The van der Waals surface area contributed by atoms with Crippen molar-refractivity contribution in [1.82, 2.24) is 15.5 Å². The molecule has 0 radical (unpaired) electrons. The maximum atomic E-state index is 13.3. The highest BCUT2D eigenvalue weighted by atomic mass is 127. The van der Waals surface area contributed by atoms with E-state index in [0.29, 0.717) is 24.8 Å². The van der Waals surface area contributed by atoms with Crippen molar-refractivity contribution in [2.24, 2.45) is 4.99 Å². The number of ether oxygens (including phenoxy) is 1. The van der Waals surface area contributed by atoms with E-state index in [1.165, 1.54) is 12.1 Å². The van der Waals surface area contributed by atoms with Crippen molar-refractivity contribution >= 4 is 35.8 Å². The van der Waals surface area contributed by atoms with Gasteiger partial charge in [-0.1, -0.05) is 13.0 Å². The van der Waals surface area contributed by atoms with Crippen molar-refractivity contribution in [3.05, 3.63) is 30.1 Å². The van der Waals surface area contributed by atoms with E-state index in [2.05, 4.69) is 15.6 Å². The summed E-state index contributed by atoms with van der Waals surface area (Å²) in [6, 6.07) is 6.12. The predicted molar refractivity (Wildman–Crippen MR) is 116 cm³/mol. The summed E-state index contributed by atoms with van der Waals surface area (Å²) in [6.45, 7) is 6.99. The minimum Gasteiger partial charge on any atom is -0.489 e. The molecule has 2 N–H and O–H groups in total. The summed E-state index contributed by atoms with van der Waals surface area (Å²) < 4.78 is 19.1. The van der Waals surface area contributed by atoms with Crippen LogP contribution < -0.4 is 15.4 Å². The van der Waals surface area contributed by atoms with Gasteiger partial charge in [-0.05, 0) is 38.3 Å². The van der Waals surface area contributed by atoms with Gasteiger partial charge in [-0.2, -0.15) is 0 Å². The van der Waals surface area contributed by atoms with Crippen molar-refractivity contribution in [3.8, 4) is 5.75 Å². The molecule has 1 fully saturated rings. The highest BCUT2D eigenvalue weighted by Crippen LogP contribution is 2.14. The van der Waals surface area contributed by atoms with Crippen LogP contribution >= 0.6 is 24.0 Å². The third kappa shape index (κ3) is 8.32. The molecular weight excluding hydrogens is 462 g/mol. The summed E-state index contributed by atoms with van der Waals surface area (Å²) in [5, 5.41) is 6.34. The molecule has 0 bridgehead atoms. The average Bonchev–Trinajstić information content (AvgIpc) is 3.17. The van der Waals surface area contributed by atoms with E-state index >= 15 is 0 Å². The van der Waals surface area contributed by atoms with Crippen LogP contribution in [0.3, 0.4) is 0 Å². The van der Waals surface area contributed by atoms with Gasteiger partial charge < -0.3 is 20.3 Å². The fourth-order valence-corrected chi connectivity index (χ4v) is 2.77. The molecule has 27 heavy (non-hydrogen) atoms. The smallest absolute Gasteiger partial charge is 0.244 e. The van der Waals surface area contributed by atoms with Crippen molar-refractivity contribution < 1.29 is 13.9 Å². The van der Waals surface area contributed by atoms with E-state index in [4.69, 9.17) is 4.74 Å². The molecule has 1 aromatic carbocycles. The van der Waals surface area contributed by atoms with Crippen molar-refractivity contribution in [2.45, 2.75) is 39.2 Å². The molecule has 2 rings (SSSR count). The van der Waals surface area contributed by atoms with E-state index in [1.807, 2.05) is 18.7 Å². The second kappa shape index (κ2) is 12.7. The zero-order valence-electron chi connectivity index (χ0n) is 16.0. The average molecular weight is 492 g/mol. The van der Waals surface area contributed by atoms with Crippen molar-refractivity contribution in [1.29, 1.82) is 0 Å². The number of carbonyl (C=O) groups is 1. The van der Waals surface area contributed by atoms with Crippen LogP contribution in [-0.2, 0) is 4.79 Å². The van der Waals surface area contributed by atoms with Gasteiger partial charge >= 0.3 is 0 Å². The number of rotatable bonds is 8. The van der Waals surface area contributed by atoms with Gasteiger partial charge in [-0.25, -0.2) is 9.38 Å². The Labute approximate surface area is 178 Å². The van der Waals surface area contributed by atoms with Gasteiger partial charge in [-0.15, -0.1) is 24.0 Å². The Morgan fingerprint density at radius 3 is 2.67 bits per heavy atom. The third-order valence-corrected chi connectivity index (χ3v) is 4.23. The van der Waals surface area contributed by atoms with E-state index in [0.717, 1.165) is 32.4 Å². The first-order chi connectivity index (χ1) is 12.6. The molecule has 1 aliphatic heterocycles. The molecule has 1 atom stereocenters. The van der Waals surface area contributed by atoms with Gasteiger partial charge in [-0.3, -0.25) is 4.79 Å². The molecule has 0 aliphatic carbocycles. The van der Waals surface area contributed by atoms with E-state index < -0.39 is 0 Å². The zero-order chi connectivity index (χ0) is 18.8. The molecule has 0 saturated carbocycles. The molecule has 1 saturated heterocycles.